The molecule has 0 spiro atoms. The molecule has 1 saturated heterocycles. The van der Waals surface area contributed by atoms with Crippen LogP contribution in [0.4, 0.5) is 11.5 Å². The summed E-state index contributed by atoms with van der Waals surface area (Å²) >= 11 is 6.03. The van der Waals surface area contributed by atoms with E-state index in [9.17, 15) is 9.59 Å². The van der Waals surface area contributed by atoms with Crippen LogP contribution in [-0.4, -0.2) is 54.4 Å². The second kappa shape index (κ2) is 11.1. The SMILES string of the molecule is CCN(Cc1ccccc1)C(=O)c1cc(NC(=O)c2cccc(Cl)c2)cnc1N1CCNCC1. The Kier molecular flexibility index (Phi) is 7.77. The maximum atomic E-state index is 13.7. The van der Waals surface area contributed by atoms with E-state index in [0.29, 0.717) is 40.7 Å². The molecule has 2 aromatic carbocycles. The molecule has 2 amide bonds. The number of hydrogen-bond donors (Lipinski definition) is 2. The zero-order valence-electron chi connectivity index (χ0n) is 19.1. The molecule has 34 heavy (non-hydrogen) atoms. The monoisotopic (exact) mass is 477 g/mol. The number of amides is 2. The number of carbonyl (C=O) groups is 2. The molecule has 2 N–H and O–H groups in total. The summed E-state index contributed by atoms with van der Waals surface area (Å²) < 4.78 is 0. The van der Waals surface area contributed by atoms with Gasteiger partial charge in [-0.3, -0.25) is 9.59 Å². The second-order valence-electron chi connectivity index (χ2n) is 8.10. The Morgan fingerprint density at radius 3 is 2.56 bits per heavy atom. The second-order valence-corrected chi connectivity index (χ2v) is 8.54. The Morgan fingerprint density at radius 1 is 1.09 bits per heavy atom. The van der Waals surface area contributed by atoms with Crippen molar-refractivity contribution in [3.05, 3.63) is 88.6 Å². The van der Waals surface area contributed by atoms with Gasteiger partial charge in [0.05, 0.1) is 17.4 Å². The van der Waals surface area contributed by atoms with Gasteiger partial charge in [0.25, 0.3) is 11.8 Å². The smallest absolute Gasteiger partial charge is 0.257 e. The molecule has 8 heteroatoms. The number of aromatic nitrogens is 1. The van der Waals surface area contributed by atoms with E-state index < -0.39 is 0 Å². The fourth-order valence-electron chi connectivity index (χ4n) is 3.95. The summed E-state index contributed by atoms with van der Waals surface area (Å²) in [5, 5.41) is 6.66. The van der Waals surface area contributed by atoms with Crippen LogP contribution < -0.4 is 15.5 Å². The van der Waals surface area contributed by atoms with Crippen LogP contribution in [-0.2, 0) is 6.54 Å². The number of benzene rings is 2. The predicted molar refractivity (Wildman–Crippen MR) is 136 cm³/mol. The molecule has 2 heterocycles. The lowest BCUT2D eigenvalue weighted by Crippen LogP contribution is -2.45. The topological polar surface area (TPSA) is 77.6 Å². The normalized spacial score (nSPS) is 13.4. The third kappa shape index (κ3) is 5.73. The molecule has 176 valence electrons. The molecule has 1 aliphatic rings. The van der Waals surface area contributed by atoms with Crippen LogP contribution >= 0.6 is 11.6 Å². The largest absolute Gasteiger partial charge is 0.353 e. The zero-order valence-corrected chi connectivity index (χ0v) is 19.9. The van der Waals surface area contributed by atoms with Gasteiger partial charge in [-0.2, -0.15) is 0 Å². The van der Waals surface area contributed by atoms with E-state index in [2.05, 4.69) is 20.5 Å². The highest BCUT2D eigenvalue weighted by atomic mass is 35.5. The predicted octanol–water partition coefficient (Wildman–Crippen LogP) is 4.06. The highest BCUT2D eigenvalue weighted by Crippen LogP contribution is 2.25. The standard InChI is InChI=1S/C26H28ClN5O2/c1-2-31(18-19-7-4-3-5-8-19)26(34)23-16-22(17-29-24(23)32-13-11-28-12-14-32)30-25(33)20-9-6-10-21(27)15-20/h3-10,15-17,28H,2,11-14,18H2,1H3,(H,30,33). The molecule has 1 aliphatic heterocycles. The minimum atomic E-state index is -0.311. The number of piperazine rings is 1. The van der Waals surface area contributed by atoms with E-state index in [1.54, 1.807) is 41.4 Å². The molecule has 0 unspecified atom stereocenters. The molecular formula is C26H28ClN5O2. The third-order valence-electron chi connectivity index (χ3n) is 5.74. The lowest BCUT2D eigenvalue weighted by atomic mass is 10.1. The summed E-state index contributed by atoms with van der Waals surface area (Å²) in [7, 11) is 0. The third-order valence-corrected chi connectivity index (χ3v) is 5.98. The first-order chi connectivity index (χ1) is 16.5. The first kappa shape index (κ1) is 23.7. The molecule has 1 aromatic heterocycles. The van der Waals surface area contributed by atoms with Crippen molar-refractivity contribution in [3.8, 4) is 0 Å². The highest BCUT2D eigenvalue weighted by Gasteiger charge is 2.24. The van der Waals surface area contributed by atoms with Crippen molar-refractivity contribution in [1.29, 1.82) is 0 Å². The molecule has 0 saturated carbocycles. The van der Waals surface area contributed by atoms with Crippen molar-refractivity contribution in [2.45, 2.75) is 13.5 Å². The maximum absolute atomic E-state index is 13.7. The molecule has 7 nitrogen and oxygen atoms in total. The average molecular weight is 478 g/mol. The summed E-state index contributed by atoms with van der Waals surface area (Å²) in [4.78, 5) is 35.0. The Labute approximate surface area is 204 Å². The van der Waals surface area contributed by atoms with Crippen LogP contribution in [0.15, 0.2) is 66.9 Å². The number of nitrogens with zero attached hydrogens (tertiary/aromatic N) is 3. The van der Waals surface area contributed by atoms with Crippen LogP contribution in [0, 0.1) is 0 Å². The van der Waals surface area contributed by atoms with Crippen molar-refractivity contribution < 1.29 is 9.59 Å². The number of rotatable bonds is 7. The molecule has 0 aliphatic carbocycles. The van der Waals surface area contributed by atoms with Gasteiger partial charge in [-0.15, -0.1) is 0 Å². The minimum Gasteiger partial charge on any atom is -0.353 e. The molecule has 1 fully saturated rings. The number of nitrogens with one attached hydrogen (secondary N) is 2. The quantitative estimate of drug-likeness (QED) is 0.536. The fraction of sp³-hybridized carbons (Fsp3) is 0.269. The minimum absolute atomic E-state index is 0.119. The first-order valence-electron chi connectivity index (χ1n) is 11.4. The Balaban J connectivity index is 1.64. The van der Waals surface area contributed by atoms with Crippen LogP contribution in [0.25, 0.3) is 0 Å². The van der Waals surface area contributed by atoms with Gasteiger partial charge in [-0.1, -0.05) is 48.0 Å². The van der Waals surface area contributed by atoms with Gasteiger partial charge in [0.1, 0.15) is 5.82 Å². The van der Waals surface area contributed by atoms with Gasteiger partial charge in [-0.05, 0) is 36.8 Å². The molecule has 0 atom stereocenters. The summed E-state index contributed by atoms with van der Waals surface area (Å²) in [6.07, 6.45) is 1.60. The van der Waals surface area contributed by atoms with Gasteiger partial charge in [-0.25, -0.2) is 4.98 Å². The van der Waals surface area contributed by atoms with Crippen LogP contribution in [0.1, 0.15) is 33.2 Å². The van der Waals surface area contributed by atoms with E-state index >= 15 is 0 Å². The highest BCUT2D eigenvalue weighted by molar-refractivity contribution is 6.31. The number of hydrogen-bond acceptors (Lipinski definition) is 5. The maximum Gasteiger partial charge on any atom is 0.257 e. The van der Waals surface area contributed by atoms with Crippen molar-refractivity contribution in [1.82, 2.24) is 15.2 Å². The Bertz CT molecular complexity index is 1150. The summed E-state index contributed by atoms with van der Waals surface area (Å²) in [5.74, 6) is 0.208. The van der Waals surface area contributed by atoms with Crippen molar-refractivity contribution in [2.75, 3.05) is 42.9 Å². The lowest BCUT2D eigenvalue weighted by molar-refractivity contribution is 0.0752. The summed E-state index contributed by atoms with van der Waals surface area (Å²) in [5.41, 5.74) is 2.43. The van der Waals surface area contributed by atoms with Gasteiger partial charge in [0, 0.05) is 49.9 Å². The van der Waals surface area contributed by atoms with Gasteiger partial charge in [0.2, 0.25) is 0 Å². The van der Waals surface area contributed by atoms with Crippen molar-refractivity contribution in [2.24, 2.45) is 0 Å². The molecule has 0 bridgehead atoms. The van der Waals surface area contributed by atoms with E-state index in [1.165, 1.54) is 0 Å². The van der Waals surface area contributed by atoms with Crippen LogP contribution in [0.3, 0.4) is 0 Å². The van der Waals surface area contributed by atoms with Gasteiger partial charge in [0.15, 0.2) is 0 Å². The van der Waals surface area contributed by atoms with E-state index in [-0.39, 0.29) is 11.8 Å². The van der Waals surface area contributed by atoms with Crippen molar-refractivity contribution in [3.63, 3.8) is 0 Å². The molecular weight excluding hydrogens is 450 g/mol. The number of pyridine rings is 1. The van der Waals surface area contributed by atoms with Crippen LogP contribution in [0.5, 0.6) is 0 Å². The summed E-state index contributed by atoms with van der Waals surface area (Å²) in [6, 6.07) is 18.4. The van der Waals surface area contributed by atoms with E-state index in [0.717, 1.165) is 31.7 Å². The molecule has 4 rings (SSSR count). The van der Waals surface area contributed by atoms with Crippen molar-refractivity contribution >= 4 is 34.9 Å². The first-order valence-corrected chi connectivity index (χ1v) is 11.8. The molecule has 3 aromatic rings. The Hall–Kier alpha value is -3.42. The van der Waals surface area contributed by atoms with Gasteiger partial charge >= 0.3 is 0 Å². The van der Waals surface area contributed by atoms with E-state index in [4.69, 9.17) is 11.6 Å². The summed E-state index contributed by atoms with van der Waals surface area (Å²) in [6.45, 7) is 6.17. The van der Waals surface area contributed by atoms with Gasteiger partial charge < -0.3 is 20.4 Å². The van der Waals surface area contributed by atoms with E-state index in [1.807, 2.05) is 37.3 Å². The zero-order chi connectivity index (χ0) is 23.9. The van der Waals surface area contributed by atoms with Crippen LogP contribution in [0.2, 0.25) is 5.02 Å². The average Bonchev–Trinajstić information content (AvgIpc) is 2.88. The molecule has 0 radical (unpaired) electrons. The fourth-order valence-corrected chi connectivity index (χ4v) is 4.14. The lowest BCUT2D eigenvalue weighted by Gasteiger charge is -2.31. The number of anilines is 2. The Morgan fingerprint density at radius 2 is 1.85 bits per heavy atom. The number of carbonyl (C=O) groups excluding carboxylic acids is 2. The number of halogens is 1.